The second-order valence-corrected chi connectivity index (χ2v) is 8.47. The summed E-state index contributed by atoms with van der Waals surface area (Å²) in [4.78, 5) is 14.4. The molecule has 31 heavy (non-hydrogen) atoms. The predicted octanol–water partition coefficient (Wildman–Crippen LogP) is 2.39. The summed E-state index contributed by atoms with van der Waals surface area (Å²) >= 11 is 0. The van der Waals surface area contributed by atoms with Crippen molar-refractivity contribution in [3.8, 4) is 11.3 Å². The third kappa shape index (κ3) is 4.47. The molecule has 0 radical (unpaired) electrons. The lowest BCUT2D eigenvalue weighted by atomic mass is 9.90. The van der Waals surface area contributed by atoms with Crippen molar-refractivity contribution in [1.29, 1.82) is 0 Å². The van der Waals surface area contributed by atoms with Crippen LogP contribution in [0.4, 0.5) is 5.95 Å². The maximum absolute atomic E-state index is 5.59. The Morgan fingerprint density at radius 2 is 1.90 bits per heavy atom. The Balaban J connectivity index is 1.37. The number of rotatable bonds is 5. The van der Waals surface area contributed by atoms with Gasteiger partial charge in [-0.05, 0) is 32.9 Å². The minimum absolute atomic E-state index is 0.369. The second kappa shape index (κ2) is 8.76. The zero-order valence-corrected chi connectivity index (χ0v) is 18.2. The lowest BCUT2D eigenvalue weighted by Crippen LogP contribution is -2.38. The van der Waals surface area contributed by atoms with Gasteiger partial charge in [0.05, 0.1) is 36.4 Å². The first kappa shape index (κ1) is 20.1. The minimum Gasteiger partial charge on any atom is -0.378 e. The Labute approximate surface area is 182 Å². The van der Waals surface area contributed by atoms with Crippen LogP contribution in [0.1, 0.15) is 35.7 Å². The number of hydrogen-bond donors (Lipinski definition) is 0. The van der Waals surface area contributed by atoms with Gasteiger partial charge < -0.3 is 14.2 Å². The molecule has 3 aromatic heterocycles. The molecule has 5 heterocycles. The smallest absolute Gasteiger partial charge is 0.225 e. The largest absolute Gasteiger partial charge is 0.378 e. The molecule has 0 saturated carbocycles. The average molecular weight is 424 g/mol. The van der Waals surface area contributed by atoms with Crippen molar-refractivity contribution in [2.75, 3.05) is 44.3 Å². The van der Waals surface area contributed by atoms with Gasteiger partial charge in [-0.25, -0.2) is 9.97 Å². The number of likely N-dealkylation sites (tertiary alicyclic amines) is 1. The van der Waals surface area contributed by atoms with E-state index in [1.165, 1.54) is 5.56 Å². The highest BCUT2D eigenvalue weighted by Gasteiger charge is 2.27. The van der Waals surface area contributed by atoms with E-state index in [1.807, 2.05) is 37.1 Å². The topological polar surface area (TPSA) is 85.3 Å². The Kier molecular flexibility index (Phi) is 5.69. The highest BCUT2D eigenvalue weighted by molar-refractivity contribution is 5.61. The summed E-state index contributed by atoms with van der Waals surface area (Å²) in [5, 5.41) is 8.37. The first-order valence-electron chi connectivity index (χ1n) is 11.0. The zero-order chi connectivity index (χ0) is 21.2. The molecule has 0 spiro atoms. The van der Waals surface area contributed by atoms with E-state index in [4.69, 9.17) is 14.2 Å². The van der Waals surface area contributed by atoms with Gasteiger partial charge in [-0.1, -0.05) is 5.16 Å². The van der Waals surface area contributed by atoms with E-state index in [2.05, 4.69) is 31.2 Å². The molecule has 9 heteroatoms. The Morgan fingerprint density at radius 3 is 2.58 bits per heavy atom. The van der Waals surface area contributed by atoms with Crippen LogP contribution in [-0.4, -0.2) is 69.2 Å². The number of aryl methyl sites for hydroxylation is 2. The molecular formula is C22H29N7O2. The first-order valence-corrected chi connectivity index (χ1v) is 11.0. The van der Waals surface area contributed by atoms with Gasteiger partial charge in [0, 0.05) is 56.6 Å². The van der Waals surface area contributed by atoms with Crippen LogP contribution in [0.3, 0.4) is 0 Å². The molecule has 0 atom stereocenters. The van der Waals surface area contributed by atoms with Gasteiger partial charge in [-0.15, -0.1) is 0 Å². The standard InChI is InChI=1S/C22H29N7O2/c1-16-11-20(31-26-16)19-13-23-22(29-7-9-30-10-8-29)25-21(19)18-3-5-28(6-4-18)15-17-12-24-27(2)14-17/h11-14,18H,3-10,15H2,1-2H3. The van der Waals surface area contributed by atoms with Crippen LogP contribution in [-0.2, 0) is 18.3 Å². The van der Waals surface area contributed by atoms with Gasteiger partial charge in [-0.2, -0.15) is 5.10 Å². The number of aromatic nitrogens is 5. The third-order valence-electron chi connectivity index (χ3n) is 6.13. The molecule has 5 rings (SSSR count). The summed E-state index contributed by atoms with van der Waals surface area (Å²) in [6.07, 6.45) is 8.07. The number of hydrogen-bond acceptors (Lipinski definition) is 8. The van der Waals surface area contributed by atoms with Gasteiger partial charge in [0.25, 0.3) is 0 Å². The van der Waals surface area contributed by atoms with Crippen molar-refractivity contribution in [2.45, 2.75) is 32.2 Å². The normalized spacial score (nSPS) is 18.6. The summed E-state index contributed by atoms with van der Waals surface area (Å²) in [6, 6.07) is 1.97. The molecule has 0 amide bonds. The van der Waals surface area contributed by atoms with Gasteiger partial charge >= 0.3 is 0 Å². The van der Waals surface area contributed by atoms with Crippen molar-refractivity contribution in [3.63, 3.8) is 0 Å². The van der Waals surface area contributed by atoms with Gasteiger partial charge in [0.1, 0.15) is 0 Å². The molecule has 0 unspecified atom stereocenters. The number of anilines is 1. The van der Waals surface area contributed by atoms with E-state index in [0.29, 0.717) is 19.1 Å². The zero-order valence-electron chi connectivity index (χ0n) is 18.2. The van der Waals surface area contributed by atoms with Crippen LogP contribution in [0.15, 0.2) is 29.2 Å². The highest BCUT2D eigenvalue weighted by atomic mass is 16.5. The first-order chi connectivity index (χ1) is 15.2. The fourth-order valence-corrected chi connectivity index (χ4v) is 4.47. The Morgan fingerprint density at radius 1 is 1.10 bits per heavy atom. The summed E-state index contributed by atoms with van der Waals surface area (Å²) < 4.78 is 12.9. The van der Waals surface area contributed by atoms with E-state index in [1.54, 1.807) is 0 Å². The van der Waals surface area contributed by atoms with E-state index in [-0.39, 0.29) is 0 Å². The highest BCUT2D eigenvalue weighted by Crippen LogP contribution is 2.35. The van der Waals surface area contributed by atoms with Crippen molar-refractivity contribution in [2.24, 2.45) is 7.05 Å². The fraction of sp³-hybridized carbons (Fsp3) is 0.545. The van der Waals surface area contributed by atoms with Crippen LogP contribution >= 0.6 is 0 Å². The summed E-state index contributed by atoms with van der Waals surface area (Å²) in [5.74, 6) is 1.91. The van der Waals surface area contributed by atoms with Gasteiger partial charge in [0.15, 0.2) is 5.76 Å². The summed E-state index contributed by atoms with van der Waals surface area (Å²) in [5.41, 5.74) is 4.16. The molecule has 2 aliphatic rings. The van der Waals surface area contributed by atoms with Crippen molar-refractivity contribution in [1.82, 2.24) is 29.8 Å². The van der Waals surface area contributed by atoms with E-state index >= 15 is 0 Å². The number of piperidine rings is 1. The van der Waals surface area contributed by atoms with Crippen LogP contribution in [0.5, 0.6) is 0 Å². The van der Waals surface area contributed by atoms with Crippen LogP contribution in [0.2, 0.25) is 0 Å². The molecule has 2 fully saturated rings. The number of nitrogens with zero attached hydrogens (tertiary/aromatic N) is 7. The molecular weight excluding hydrogens is 394 g/mol. The molecule has 0 aromatic carbocycles. The van der Waals surface area contributed by atoms with Crippen LogP contribution in [0.25, 0.3) is 11.3 Å². The predicted molar refractivity (Wildman–Crippen MR) is 116 cm³/mol. The molecule has 9 nitrogen and oxygen atoms in total. The number of ether oxygens (including phenoxy) is 1. The maximum atomic E-state index is 5.59. The SMILES string of the molecule is Cc1cc(-c2cnc(N3CCOCC3)nc2C2CCN(Cc3cnn(C)c3)CC2)on1. The number of morpholine rings is 1. The van der Waals surface area contributed by atoms with E-state index in [9.17, 15) is 0 Å². The van der Waals surface area contributed by atoms with Crippen molar-refractivity contribution < 1.29 is 9.26 Å². The molecule has 2 aliphatic heterocycles. The molecule has 164 valence electrons. The van der Waals surface area contributed by atoms with Gasteiger partial charge in [0.2, 0.25) is 5.95 Å². The average Bonchev–Trinajstić information content (AvgIpc) is 3.42. The summed E-state index contributed by atoms with van der Waals surface area (Å²) in [6.45, 7) is 8.02. The van der Waals surface area contributed by atoms with Crippen molar-refractivity contribution >= 4 is 5.95 Å². The molecule has 3 aromatic rings. The summed E-state index contributed by atoms with van der Waals surface area (Å²) in [7, 11) is 1.96. The lowest BCUT2D eigenvalue weighted by Gasteiger charge is -2.33. The Hall–Kier alpha value is -2.78. The lowest BCUT2D eigenvalue weighted by molar-refractivity contribution is 0.122. The minimum atomic E-state index is 0.369. The molecule has 0 aliphatic carbocycles. The second-order valence-electron chi connectivity index (χ2n) is 8.47. The quantitative estimate of drug-likeness (QED) is 0.618. The Bertz CT molecular complexity index is 1020. The maximum Gasteiger partial charge on any atom is 0.225 e. The van der Waals surface area contributed by atoms with Crippen LogP contribution < -0.4 is 4.90 Å². The third-order valence-corrected chi connectivity index (χ3v) is 6.13. The molecule has 2 saturated heterocycles. The van der Waals surface area contributed by atoms with Crippen molar-refractivity contribution in [3.05, 3.63) is 41.6 Å². The van der Waals surface area contributed by atoms with E-state index < -0.39 is 0 Å². The molecule has 0 bridgehead atoms. The molecule has 0 N–H and O–H groups in total. The van der Waals surface area contributed by atoms with E-state index in [0.717, 1.165) is 74.2 Å². The monoisotopic (exact) mass is 423 g/mol. The fourth-order valence-electron chi connectivity index (χ4n) is 4.47. The van der Waals surface area contributed by atoms with Gasteiger partial charge in [-0.3, -0.25) is 9.58 Å². The van der Waals surface area contributed by atoms with Crippen LogP contribution in [0, 0.1) is 6.92 Å².